The van der Waals surface area contributed by atoms with Crippen molar-refractivity contribution in [3.8, 4) is 0 Å². The normalized spacial score (nSPS) is 10.2. The Morgan fingerprint density at radius 2 is 2.33 bits per heavy atom. The SMILES string of the molecule is Cn1cnc(CNc2cncc(N)n2)n1. The molecule has 0 atom stereocenters. The second-order valence-electron chi connectivity index (χ2n) is 3.02. The molecule has 0 saturated carbocycles. The van der Waals surface area contributed by atoms with Crippen molar-refractivity contribution in [2.75, 3.05) is 11.1 Å². The smallest absolute Gasteiger partial charge is 0.169 e. The highest BCUT2D eigenvalue weighted by Crippen LogP contribution is 2.03. The van der Waals surface area contributed by atoms with E-state index in [1.807, 2.05) is 7.05 Å². The monoisotopic (exact) mass is 205 g/mol. The van der Waals surface area contributed by atoms with E-state index in [-0.39, 0.29) is 0 Å². The van der Waals surface area contributed by atoms with Gasteiger partial charge in [0.05, 0.1) is 18.9 Å². The lowest BCUT2D eigenvalue weighted by atomic mass is 10.5. The summed E-state index contributed by atoms with van der Waals surface area (Å²) in [5.74, 6) is 1.69. The Hall–Kier alpha value is -2.18. The first-order valence-electron chi connectivity index (χ1n) is 4.40. The van der Waals surface area contributed by atoms with Gasteiger partial charge in [0.15, 0.2) is 5.82 Å². The van der Waals surface area contributed by atoms with Gasteiger partial charge in [0, 0.05) is 7.05 Å². The highest BCUT2D eigenvalue weighted by Gasteiger charge is 1.99. The Kier molecular flexibility index (Phi) is 2.44. The standard InChI is InChI=1S/C8H11N7/c1-15-5-12-8(14-15)4-11-7-3-10-2-6(9)13-7/h2-3,5H,4H2,1H3,(H3,9,11,13). The van der Waals surface area contributed by atoms with Crippen LogP contribution in [0.5, 0.6) is 0 Å². The van der Waals surface area contributed by atoms with E-state index in [2.05, 4.69) is 25.4 Å². The van der Waals surface area contributed by atoms with Crippen LogP contribution in [0.2, 0.25) is 0 Å². The number of hydrogen-bond donors (Lipinski definition) is 2. The number of nitrogen functional groups attached to an aromatic ring is 1. The van der Waals surface area contributed by atoms with Crippen LogP contribution >= 0.6 is 0 Å². The molecule has 7 heteroatoms. The summed E-state index contributed by atoms with van der Waals surface area (Å²) in [5.41, 5.74) is 5.48. The van der Waals surface area contributed by atoms with E-state index in [0.717, 1.165) is 0 Å². The van der Waals surface area contributed by atoms with Crippen molar-refractivity contribution in [1.29, 1.82) is 0 Å². The summed E-state index contributed by atoms with van der Waals surface area (Å²) < 4.78 is 1.64. The molecule has 0 amide bonds. The number of aryl methyl sites for hydroxylation is 1. The minimum Gasteiger partial charge on any atom is -0.382 e. The number of hydrogen-bond acceptors (Lipinski definition) is 6. The lowest BCUT2D eigenvalue weighted by Crippen LogP contribution is -2.05. The van der Waals surface area contributed by atoms with Gasteiger partial charge in [-0.15, -0.1) is 0 Å². The average molecular weight is 205 g/mol. The fourth-order valence-corrected chi connectivity index (χ4v) is 1.10. The third-order valence-corrected chi connectivity index (χ3v) is 1.73. The van der Waals surface area contributed by atoms with E-state index in [9.17, 15) is 0 Å². The maximum atomic E-state index is 5.48. The molecule has 0 bridgehead atoms. The van der Waals surface area contributed by atoms with Gasteiger partial charge < -0.3 is 11.1 Å². The number of nitrogens with two attached hydrogens (primary N) is 1. The summed E-state index contributed by atoms with van der Waals surface area (Å²) in [6.07, 6.45) is 4.73. The predicted octanol–water partition coefficient (Wildman–Crippen LogP) is -0.201. The van der Waals surface area contributed by atoms with Crippen molar-refractivity contribution >= 4 is 11.6 Å². The van der Waals surface area contributed by atoms with Gasteiger partial charge in [-0.1, -0.05) is 0 Å². The average Bonchev–Trinajstić information content (AvgIpc) is 2.62. The number of nitrogens with zero attached hydrogens (tertiary/aromatic N) is 5. The van der Waals surface area contributed by atoms with Gasteiger partial charge in [0.1, 0.15) is 18.0 Å². The molecule has 0 unspecified atom stereocenters. The molecule has 0 aromatic carbocycles. The summed E-state index contributed by atoms with van der Waals surface area (Å²) in [4.78, 5) is 12.0. The van der Waals surface area contributed by atoms with Crippen LogP contribution in [0.25, 0.3) is 0 Å². The molecule has 2 aromatic rings. The Balaban J connectivity index is 1.99. The van der Waals surface area contributed by atoms with Crippen LogP contribution in [0, 0.1) is 0 Å². The molecular formula is C8H11N7. The van der Waals surface area contributed by atoms with E-state index < -0.39 is 0 Å². The van der Waals surface area contributed by atoms with Crippen molar-refractivity contribution in [3.63, 3.8) is 0 Å². The fourth-order valence-electron chi connectivity index (χ4n) is 1.10. The van der Waals surface area contributed by atoms with Crippen LogP contribution in [0.1, 0.15) is 5.82 Å². The van der Waals surface area contributed by atoms with E-state index in [1.165, 1.54) is 6.20 Å². The van der Waals surface area contributed by atoms with Crippen molar-refractivity contribution in [1.82, 2.24) is 24.7 Å². The summed E-state index contributed by atoms with van der Waals surface area (Å²) in [6.45, 7) is 0.499. The van der Waals surface area contributed by atoms with E-state index in [4.69, 9.17) is 5.73 Å². The molecule has 7 nitrogen and oxygen atoms in total. The molecule has 0 fully saturated rings. The first-order chi connectivity index (χ1) is 7.24. The third kappa shape index (κ3) is 2.39. The molecular weight excluding hydrogens is 194 g/mol. The molecule has 3 N–H and O–H groups in total. The fraction of sp³-hybridized carbons (Fsp3) is 0.250. The summed E-state index contributed by atoms with van der Waals surface area (Å²) >= 11 is 0. The molecule has 2 aromatic heterocycles. The van der Waals surface area contributed by atoms with Crippen LogP contribution in [-0.4, -0.2) is 24.7 Å². The van der Waals surface area contributed by atoms with Gasteiger partial charge in [0.25, 0.3) is 0 Å². The second-order valence-corrected chi connectivity index (χ2v) is 3.02. The number of anilines is 2. The minimum atomic E-state index is 0.383. The van der Waals surface area contributed by atoms with Crippen molar-refractivity contribution < 1.29 is 0 Å². The third-order valence-electron chi connectivity index (χ3n) is 1.73. The molecule has 15 heavy (non-hydrogen) atoms. The number of rotatable bonds is 3. The maximum absolute atomic E-state index is 5.48. The first kappa shape index (κ1) is 9.38. The molecule has 0 aliphatic carbocycles. The Morgan fingerprint density at radius 3 is 3.00 bits per heavy atom. The van der Waals surface area contributed by atoms with Crippen LogP contribution in [-0.2, 0) is 13.6 Å². The van der Waals surface area contributed by atoms with Crippen LogP contribution in [0.15, 0.2) is 18.7 Å². The highest BCUT2D eigenvalue weighted by molar-refractivity contribution is 5.38. The van der Waals surface area contributed by atoms with Gasteiger partial charge in [-0.2, -0.15) is 5.10 Å². The molecule has 78 valence electrons. The Morgan fingerprint density at radius 1 is 1.47 bits per heavy atom. The Labute approximate surface area is 86.4 Å². The maximum Gasteiger partial charge on any atom is 0.169 e. The van der Waals surface area contributed by atoms with Crippen LogP contribution in [0.4, 0.5) is 11.6 Å². The zero-order valence-corrected chi connectivity index (χ0v) is 8.25. The van der Waals surface area contributed by atoms with Crippen molar-refractivity contribution in [2.24, 2.45) is 7.05 Å². The van der Waals surface area contributed by atoms with E-state index >= 15 is 0 Å². The lowest BCUT2D eigenvalue weighted by Gasteiger charge is -2.01. The minimum absolute atomic E-state index is 0.383. The molecule has 2 rings (SSSR count). The van der Waals surface area contributed by atoms with Crippen molar-refractivity contribution in [2.45, 2.75) is 6.54 Å². The Bertz CT molecular complexity index is 450. The van der Waals surface area contributed by atoms with Crippen LogP contribution in [0.3, 0.4) is 0 Å². The van der Waals surface area contributed by atoms with Crippen molar-refractivity contribution in [3.05, 3.63) is 24.5 Å². The lowest BCUT2D eigenvalue weighted by molar-refractivity contribution is 0.747. The molecule has 0 radical (unpaired) electrons. The highest BCUT2D eigenvalue weighted by atomic mass is 15.3. The quantitative estimate of drug-likeness (QED) is 0.720. The van der Waals surface area contributed by atoms with Gasteiger partial charge in [-0.25, -0.2) is 9.97 Å². The van der Waals surface area contributed by atoms with Gasteiger partial charge >= 0.3 is 0 Å². The van der Waals surface area contributed by atoms with E-state index in [0.29, 0.717) is 24.0 Å². The van der Waals surface area contributed by atoms with Gasteiger partial charge in [0.2, 0.25) is 0 Å². The molecule has 0 aliphatic heterocycles. The number of nitrogens with one attached hydrogen (secondary N) is 1. The predicted molar refractivity (Wildman–Crippen MR) is 54.8 cm³/mol. The van der Waals surface area contributed by atoms with Crippen LogP contribution < -0.4 is 11.1 Å². The number of aromatic nitrogens is 5. The largest absolute Gasteiger partial charge is 0.382 e. The molecule has 2 heterocycles. The molecule has 0 spiro atoms. The zero-order chi connectivity index (χ0) is 10.7. The van der Waals surface area contributed by atoms with Gasteiger partial charge in [-0.05, 0) is 0 Å². The first-order valence-corrected chi connectivity index (χ1v) is 4.40. The summed E-state index contributed by atoms with van der Waals surface area (Å²) in [6, 6.07) is 0. The van der Waals surface area contributed by atoms with E-state index in [1.54, 1.807) is 17.2 Å². The second kappa shape index (κ2) is 3.91. The summed E-state index contributed by atoms with van der Waals surface area (Å²) in [7, 11) is 1.82. The zero-order valence-electron chi connectivity index (χ0n) is 8.25. The molecule has 0 saturated heterocycles. The topological polar surface area (TPSA) is 94.5 Å². The summed E-state index contributed by atoms with van der Waals surface area (Å²) in [5, 5.41) is 7.13. The van der Waals surface area contributed by atoms with Gasteiger partial charge in [-0.3, -0.25) is 9.67 Å². The molecule has 0 aliphatic rings.